The van der Waals surface area contributed by atoms with E-state index in [9.17, 15) is 4.79 Å². The number of piperidine rings is 1. The van der Waals surface area contributed by atoms with Gasteiger partial charge in [-0.1, -0.05) is 6.07 Å². The molecule has 8 heteroatoms. The van der Waals surface area contributed by atoms with Crippen LogP contribution < -0.4 is 20.1 Å². The molecule has 0 radical (unpaired) electrons. The van der Waals surface area contributed by atoms with E-state index >= 15 is 0 Å². The third kappa shape index (κ3) is 5.11. The van der Waals surface area contributed by atoms with Crippen molar-refractivity contribution in [3.05, 3.63) is 23.8 Å². The first-order valence-corrected chi connectivity index (χ1v) is 11.9. The maximum Gasteiger partial charge on any atom is 0.231 e. The van der Waals surface area contributed by atoms with E-state index in [1.54, 1.807) is 7.05 Å². The summed E-state index contributed by atoms with van der Waals surface area (Å²) in [6.45, 7) is 7.26. The lowest BCUT2D eigenvalue weighted by Gasteiger charge is -2.38. The molecule has 0 spiro atoms. The van der Waals surface area contributed by atoms with Crippen LogP contribution in [0, 0.1) is 5.92 Å². The van der Waals surface area contributed by atoms with E-state index in [0.717, 1.165) is 76.0 Å². The van der Waals surface area contributed by atoms with Crippen molar-refractivity contribution >= 4 is 11.9 Å². The molecule has 1 aromatic carbocycles. The Morgan fingerprint density at radius 3 is 2.66 bits per heavy atom. The van der Waals surface area contributed by atoms with Gasteiger partial charge in [-0.2, -0.15) is 0 Å². The Bertz CT molecular complexity index is 814. The predicted octanol–water partition coefficient (Wildman–Crippen LogP) is 2.28. The molecular formula is C24H36N4O4. The van der Waals surface area contributed by atoms with Crippen molar-refractivity contribution in [2.75, 3.05) is 53.2 Å². The van der Waals surface area contributed by atoms with Gasteiger partial charge in [-0.05, 0) is 56.2 Å². The summed E-state index contributed by atoms with van der Waals surface area (Å²) in [5, 5.41) is 6.23. The largest absolute Gasteiger partial charge is 0.454 e. The highest BCUT2D eigenvalue weighted by molar-refractivity contribution is 5.80. The Labute approximate surface area is 190 Å². The Balaban J connectivity index is 1.48. The first kappa shape index (κ1) is 22.7. The fourth-order valence-electron chi connectivity index (χ4n) is 4.89. The fourth-order valence-corrected chi connectivity index (χ4v) is 4.89. The number of amides is 1. The number of carbonyl (C=O) groups is 1. The minimum atomic E-state index is -0.0720. The van der Waals surface area contributed by atoms with Crippen molar-refractivity contribution < 1.29 is 19.0 Å². The number of guanidine groups is 1. The Kier molecular flexibility index (Phi) is 7.40. The standard InChI is InChI=1S/C24H36N4O4/c1-3-26-23(28-10-6-18(7-11-28)14-22(29)25-2)27-16-24(8-12-30-13-9-24)19-4-5-20-21(15-19)32-17-31-20/h4-5,15,18H,3,6-14,16-17H2,1-2H3,(H,25,29)(H,26,27). The summed E-state index contributed by atoms with van der Waals surface area (Å²) in [5.74, 6) is 3.19. The average Bonchev–Trinajstić information content (AvgIpc) is 3.31. The second kappa shape index (κ2) is 10.4. The van der Waals surface area contributed by atoms with E-state index in [1.165, 1.54) is 5.56 Å². The van der Waals surface area contributed by atoms with Gasteiger partial charge in [0.15, 0.2) is 17.5 Å². The summed E-state index contributed by atoms with van der Waals surface area (Å²) in [6, 6.07) is 6.30. The fraction of sp³-hybridized carbons (Fsp3) is 0.667. The Morgan fingerprint density at radius 1 is 1.19 bits per heavy atom. The zero-order valence-electron chi connectivity index (χ0n) is 19.3. The van der Waals surface area contributed by atoms with E-state index in [4.69, 9.17) is 19.2 Å². The molecule has 2 N–H and O–H groups in total. The molecule has 0 atom stereocenters. The molecule has 4 rings (SSSR count). The molecule has 32 heavy (non-hydrogen) atoms. The number of benzene rings is 1. The molecule has 2 saturated heterocycles. The van der Waals surface area contributed by atoms with Gasteiger partial charge in [0.1, 0.15) is 0 Å². The SMILES string of the molecule is CCNC(=NCC1(c2ccc3c(c2)OCO3)CCOCC1)N1CCC(CC(=O)NC)CC1. The smallest absolute Gasteiger partial charge is 0.231 e. The van der Waals surface area contributed by atoms with Crippen LogP contribution in [0.4, 0.5) is 0 Å². The maximum atomic E-state index is 11.7. The highest BCUT2D eigenvalue weighted by Crippen LogP contribution is 2.41. The molecule has 8 nitrogen and oxygen atoms in total. The van der Waals surface area contributed by atoms with Crippen LogP contribution in [0.1, 0.15) is 44.6 Å². The van der Waals surface area contributed by atoms with Gasteiger partial charge in [-0.25, -0.2) is 0 Å². The molecule has 2 fully saturated rings. The van der Waals surface area contributed by atoms with Gasteiger partial charge in [0.05, 0.1) is 6.54 Å². The van der Waals surface area contributed by atoms with Crippen molar-refractivity contribution in [1.29, 1.82) is 0 Å². The Morgan fingerprint density at radius 2 is 1.94 bits per heavy atom. The first-order chi connectivity index (χ1) is 15.6. The topological polar surface area (TPSA) is 84.4 Å². The zero-order chi connectivity index (χ0) is 22.4. The quantitative estimate of drug-likeness (QED) is 0.517. The number of nitrogens with zero attached hydrogens (tertiary/aromatic N) is 2. The van der Waals surface area contributed by atoms with Gasteiger partial charge in [0.25, 0.3) is 0 Å². The van der Waals surface area contributed by atoms with Crippen LogP contribution in [0.3, 0.4) is 0 Å². The lowest BCUT2D eigenvalue weighted by atomic mass is 9.74. The number of fused-ring (bicyclic) bond motifs is 1. The summed E-state index contributed by atoms with van der Waals surface area (Å²) in [5.41, 5.74) is 1.17. The normalized spacial score (nSPS) is 20.8. The molecule has 1 aromatic rings. The van der Waals surface area contributed by atoms with Crippen molar-refractivity contribution in [2.24, 2.45) is 10.9 Å². The third-order valence-electron chi connectivity index (χ3n) is 6.97. The summed E-state index contributed by atoms with van der Waals surface area (Å²) < 4.78 is 16.8. The summed E-state index contributed by atoms with van der Waals surface area (Å²) in [7, 11) is 1.71. The molecule has 0 saturated carbocycles. The first-order valence-electron chi connectivity index (χ1n) is 11.9. The summed E-state index contributed by atoms with van der Waals surface area (Å²) in [4.78, 5) is 19.2. The van der Waals surface area contributed by atoms with Crippen molar-refractivity contribution in [2.45, 2.75) is 44.4 Å². The van der Waals surface area contributed by atoms with Gasteiger partial charge >= 0.3 is 0 Å². The number of hydrogen-bond donors (Lipinski definition) is 2. The lowest BCUT2D eigenvalue weighted by molar-refractivity contribution is -0.121. The number of ether oxygens (including phenoxy) is 3. The number of hydrogen-bond acceptors (Lipinski definition) is 5. The second-order valence-corrected chi connectivity index (χ2v) is 8.94. The number of likely N-dealkylation sites (tertiary alicyclic amines) is 1. The molecular weight excluding hydrogens is 408 g/mol. The molecule has 3 aliphatic rings. The van der Waals surface area contributed by atoms with Gasteiger partial charge in [-0.3, -0.25) is 9.79 Å². The van der Waals surface area contributed by atoms with Crippen molar-refractivity contribution in [3.63, 3.8) is 0 Å². The molecule has 3 aliphatic heterocycles. The molecule has 1 amide bonds. The number of nitrogens with one attached hydrogen (secondary N) is 2. The Hall–Kier alpha value is -2.48. The van der Waals surface area contributed by atoms with Crippen LogP contribution in [0.15, 0.2) is 23.2 Å². The zero-order valence-corrected chi connectivity index (χ0v) is 19.3. The van der Waals surface area contributed by atoms with Crippen LogP contribution in [0.25, 0.3) is 0 Å². The van der Waals surface area contributed by atoms with E-state index in [1.807, 2.05) is 6.07 Å². The van der Waals surface area contributed by atoms with Gasteiger partial charge in [0.2, 0.25) is 12.7 Å². The van der Waals surface area contributed by atoms with E-state index < -0.39 is 0 Å². The van der Waals surface area contributed by atoms with Crippen LogP contribution in [0.5, 0.6) is 11.5 Å². The monoisotopic (exact) mass is 444 g/mol. The van der Waals surface area contributed by atoms with Gasteiger partial charge in [0, 0.05) is 51.7 Å². The molecule has 176 valence electrons. The number of aliphatic imine (C=N–C) groups is 1. The second-order valence-electron chi connectivity index (χ2n) is 8.94. The minimum Gasteiger partial charge on any atom is -0.454 e. The van der Waals surface area contributed by atoms with E-state index in [0.29, 0.717) is 18.9 Å². The summed E-state index contributed by atoms with van der Waals surface area (Å²) >= 11 is 0. The number of carbonyl (C=O) groups excluding carboxylic acids is 1. The molecule has 0 bridgehead atoms. The van der Waals surface area contributed by atoms with Crippen LogP contribution in [0.2, 0.25) is 0 Å². The van der Waals surface area contributed by atoms with Crippen molar-refractivity contribution in [3.8, 4) is 11.5 Å². The van der Waals surface area contributed by atoms with E-state index in [-0.39, 0.29) is 18.1 Å². The molecule has 0 unspecified atom stereocenters. The minimum absolute atomic E-state index is 0.0720. The van der Waals surface area contributed by atoms with Crippen molar-refractivity contribution in [1.82, 2.24) is 15.5 Å². The van der Waals surface area contributed by atoms with Gasteiger partial charge < -0.3 is 29.7 Å². The van der Waals surface area contributed by atoms with E-state index in [2.05, 4.69) is 34.6 Å². The number of rotatable bonds is 6. The lowest BCUT2D eigenvalue weighted by Crippen LogP contribution is -2.47. The van der Waals surface area contributed by atoms with Gasteiger partial charge in [-0.15, -0.1) is 0 Å². The highest BCUT2D eigenvalue weighted by Gasteiger charge is 2.36. The molecule has 0 aromatic heterocycles. The summed E-state index contributed by atoms with van der Waals surface area (Å²) in [6.07, 6.45) is 4.51. The molecule has 3 heterocycles. The van der Waals surface area contributed by atoms with Crippen LogP contribution >= 0.6 is 0 Å². The average molecular weight is 445 g/mol. The third-order valence-corrected chi connectivity index (χ3v) is 6.97. The van der Waals surface area contributed by atoms with Crippen LogP contribution in [-0.2, 0) is 14.9 Å². The molecule has 0 aliphatic carbocycles. The van der Waals surface area contributed by atoms with Crippen LogP contribution in [-0.4, -0.2) is 70.0 Å². The highest BCUT2D eigenvalue weighted by atomic mass is 16.7. The predicted molar refractivity (Wildman–Crippen MR) is 123 cm³/mol. The maximum absolute atomic E-state index is 11.7.